The Labute approximate surface area is 129 Å². The summed E-state index contributed by atoms with van der Waals surface area (Å²) in [7, 11) is 0. The van der Waals surface area contributed by atoms with Crippen LogP contribution in [0.1, 0.15) is 16.8 Å². The quantitative estimate of drug-likeness (QED) is 0.626. The van der Waals surface area contributed by atoms with Crippen molar-refractivity contribution in [2.24, 2.45) is 0 Å². The minimum Gasteiger partial charge on any atom is -0.478 e. The molecule has 9 heteroatoms. The Hall–Kier alpha value is -2.26. The highest BCUT2D eigenvalue weighted by Crippen LogP contribution is 2.38. The van der Waals surface area contributed by atoms with E-state index in [4.69, 9.17) is 5.11 Å². The van der Waals surface area contributed by atoms with Crippen LogP contribution < -0.4 is 10.6 Å². The van der Waals surface area contributed by atoms with Crippen LogP contribution in [-0.2, 0) is 22.7 Å². The van der Waals surface area contributed by atoms with Gasteiger partial charge in [0.1, 0.15) is 11.5 Å². The number of aliphatic carboxylic acids is 2. The molecule has 1 aromatic rings. The molecule has 0 saturated heterocycles. The van der Waals surface area contributed by atoms with Crippen LogP contribution in [0.25, 0.3) is 0 Å². The predicted molar refractivity (Wildman–Crippen MR) is 78.8 cm³/mol. The Kier molecular flexibility index (Phi) is 3.90. The van der Waals surface area contributed by atoms with Crippen molar-refractivity contribution in [3.05, 3.63) is 40.6 Å². The average Bonchev–Trinajstić information content (AvgIpc) is 2.77. The maximum atomic E-state index is 11.5. The molecule has 0 amide bonds. The second-order valence-corrected chi connectivity index (χ2v) is 5.83. The summed E-state index contributed by atoms with van der Waals surface area (Å²) < 4.78 is 1.99. The number of nitrogens with one attached hydrogen (secondary N) is 2. The fraction of sp³-hybridized carbons (Fsp3) is 0.308. The third-order valence-corrected chi connectivity index (χ3v) is 4.56. The number of carbonyl (C=O) groups is 2. The van der Waals surface area contributed by atoms with Gasteiger partial charge in [-0.15, -0.1) is 11.8 Å². The Bertz CT molecular complexity index is 671. The van der Waals surface area contributed by atoms with Gasteiger partial charge in [0.15, 0.2) is 0 Å². The highest BCUT2D eigenvalue weighted by atomic mass is 32.2. The Morgan fingerprint density at radius 3 is 2.86 bits per heavy atom. The lowest BCUT2D eigenvalue weighted by atomic mass is 10.1. The van der Waals surface area contributed by atoms with E-state index in [9.17, 15) is 14.7 Å². The molecule has 3 heterocycles. The van der Waals surface area contributed by atoms with Gasteiger partial charge in [-0.25, -0.2) is 14.6 Å². The number of nitrogens with zero attached hydrogens (tertiary/aromatic N) is 2. The summed E-state index contributed by atoms with van der Waals surface area (Å²) in [4.78, 5) is 27.0. The molecule has 116 valence electrons. The maximum Gasteiger partial charge on any atom is 0.352 e. The molecule has 0 fully saturated rings. The van der Waals surface area contributed by atoms with E-state index in [-0.39, 0.29) is 11.3 Å². The van der Waals surface area contributed by atoms with Gasteiger partial charge in [-0.3, -0.25) is 0 Å². The normalized spacial score (nSPS) is 21.0. The molecule has 0 saturated carbocycles. The molecule has 8 nitrogen and oxygen atoms in total. The van der Waals surface area contributed by atoms with Crippen molar-refractivity contribution in [3.8, 4) is 0 Å². The van der Waals surface area contributed by atoms with Crippen LogP contribution in [-0.4, -0.2) is 38.2 Å². The third-order valence-electron chi connectivity index (χ3n) is 3.42. The van der Waals surface area contributed by atoms with Crippen molar-refractivity contribution in [1.29, 1.82) is 0 Å². The van der Waals surface area contributed by atoms with Crippen LogP contribution in [0.15, 0.2) is 29.1 Å². The monoisotopic (exact) mass is 322 g/mol. The van der Waals surface area contributed by atoms with E-state index in [0.29, 0.717) is 12.2 Å². The smallest absolute Gasteiger partial charge is 0.352 e. The van der Waals surface area contributed by atoms with Crippen molar-refractivity contribution in [2.75, 3.05) is 6.54 Å². The average molecular weight is 322 g/mol. The Balaban J connectivity index is 1.97. The maximum absolute atomic E-state index is 11.5. The molecule has 4 N–H and O–H groups in total. The molecule has 0 aliphatic carbocycles. The molecule has 1 aromatic heterocycles. The SMILES string of the molecule is O=C(O)C1=CSC(c2cn3c(n2)CNCC3)C(C(=O)O)=CN1. The van der Waals surface area contributed by atoms with E-state index in [1.807, 2.05) is 10.8 Å². The van der Waals surface area contributed by atoms with E-state index in [2.05, 4.69) is 15.6 Å². The van der Waals surface area contributed by atoms with Crippen molar-refractivity contribution >= 4 is 23.7 Å². The van der Waals surface area contributed by atoms with Crippen LogP contribution in [0.5, 0.6) is 0 Å². The van der Waals surface area contributed by atoms with Gasteiger partial charge in [0.2, 0.25) is 0 Å². The van der Waals surface area contributed by atoms with Gasteiger partial charge in [-0.1, -0.05) is 0 Å². The third kappa shape index (κ3) is 2.72. The largest absolute Gasteiger partial charge is 0.478 e. The standard InChI is InChI=1S/C13H14N4O4S/c18-12(19)7-3-15-9(13(20)21)6-22-11(7)8-5-17-2-1-14-4-10(17)16-8/h3,5-6,11,14-15H,1-2,4H2,(H,18,19)(H,20,21). The minimum absolute atomic E-state index is 0.0584. The fourth-order valence-corrected chi connectivity index (χ4v) is 3.34. The van der Waals surface area contributed by atoms with Crippen LogP contribution in [0.2, 0.25) is 0 Å². The number of thioether (sulfide) groups is 1. The van der Waals surface area contributed by atoms with Gasteiger partial charge in [0.05, 0.1) is 23.1 Å². The number of imidazole rings is 1. The first-order valence-electron chi connectivity index (χ1n) is 6.61. The molecule has 0 radical (unpaired) electrons. The molecule has 1 atom stereocenters. The van der Waals surface area contributed by atoms with Crippen LogP contribution in [0.4, 0.5) is 0 Å². The lowest BCUT2D eigenvalue weighted by molar-refractivity contribution is -0.134. The number of rotatable bonds is 3. The zero-order chi connectivity index (χ0) is 15.7. The van der Waals surface area contributed by atoms with Crippen molar-refractivity contribution < 1.29 is 19.8 Å². The summed E-state index contributed by atoms with van der Waals surface area (Å²) in [6, 6.07) is 0. The second kappa shape index (κ2) is 5.85. The van der Waals surface area contributed by atoms with E-state index in [1.54, 1.807) is 0 Å². The predicted octanol–water partition coefficient (Wildman–Crippen LogP) is 0.258. The van der Waals surface area contributed by atoms with Gasteiger partial charge in [-0.05, 0) is 0 Å². The Morgan fingerprint density at radius 2 is 2.18 bits per heavy atom. The molecular formula is C13H14N4O4S. The number of carboxylic acids is 2. The number of hydrogen-bond acceptors (Lipinski definition) is 6. The molecule has 3 rings (SSSR count). The van der Waals surface area contributed by atoms with Crippen LogP contribution >= 0.6 is 11.8 Å². The number of fused-ring (bicyclic) bond motifs is 1. The topological polar surface area (TPSA) is 116 Å². The first-order valence-corrected chi connectivity index (χ1v) is 7.56. The van der Waals surface area contributed by atoms with Crippen molar-refractivity contribution in [3.63, 3.8) is 0 Å². The lowest BCUT2D eigenvalue weighted by Gasteiger charge is -2.13. The number of aromatic nitrogens is 2. The molecule has 0 aromatic carbocycles. The molecular weight excluding hydrogens is 308 g/mol. The molecule has 0 spiro atoms. The van der Waals surface area contributed by atoms with Crippen molar-refractivity contribution in [2.45, 2.75) is 18.3 Å². The van der Waals surface area contributed by atoms with Gasteiger partial charge in [0.25, 0.3) is 0 Å². The molecule has 1 unspecified atom stereocenters. The fourth-order valence-electron chi connectivity index (χ4n) is 2.33. The first-order chi connectivity index (χ1) is 10.6. The van der Waals surface area contributed by atoms with Crippen molar-refractivity contribution in [1.82, 2.24) is 20.2 Å². The van der Waals surface area contributed by atoms with Gasteiger partial charge >= 0.3 is 11.9 Å². The van der Waals surface area contributed by atoms with Crippen LogP contribution in [0.3, 0.4) is 0 Å². The summed E-state index contributed by atoms with van der Waals surface area (Å²) >= 11 is 1.12. The molecule has 22 heavy (non-hydrogen) atoms. The summed E-state index contributed by atoms with van der Waals surface area (Å²) in [6.45, 7) is 2.26. The minimum atomic E-state index is -1.14. The summed E-state index contributed by atoms with van der Waals surface area (Å²) in [5.74, 6) is -1.39. The summed E-state index contributed by atoms with van der Waals surface area (Å²) in [5.41, 5.74) is 0.625. The lowest BCUT2D eigenvalue weighted by Crippen LogP contribution is -2.27. The Morgan fingerprint density at radius 1 is 1.36 bits per heavy atom. The van der Waals surface area contributed by atoms with Gasteiger partial charge in [-0.2, -0.15) is 0 Å². The van der Waals surface area contributed by atoms with E-state index in [1.165, 1.54) is 11.6 Å². The first kappa shape index (κ1) is 14.7. The highest BCUT2D eigenvalue weighted by Gasteiger charge is 2.29. The molecule has 2 aliphatic heterocycles. The number of carboxylic acid groups (broad SMARTS) is 2. The highest BCUT2D eigenvalue weighted by molar-refractivity contribution is 8.02. The van der Waals surface area contributed by atoms with E-state index >= 15 is 0 Å². The van der Waals surface area contributed by atoms with Gasteiger partial charge < -0.3 is 25.4 Å². The van der Waals surface area contributed by atoms with Gasteiger partial charge in [0, 0.05) is 30.9 Å². The molecule has 0 bridgehead atoms. The summed E-state index contributed by atoms with van der Waals surface area (Å²) in [6.07, 6.45) is 3.06. The second-order valence-electron chi connectivity index (χ2n) is 4.85. The molecule has 2 aliphatic rings. The summed E-state index contributed by atoms with van der Waals surface area (Å²) in [5, 5.41) is 25.0. The van der Waals surface area contributed by atoms with E-state index < -0.39 is 17.2 Å². The number of hydrogen-bond donors (Lipinski definition) is 4. The zero-order valence-corrected chi connectivity index (χ0v) is 12.3. The zero-order valence-electron chi connectivity index (χ0n) is 11.4. The van der Waals surface area contributed by atoms with Crippen LogP contribution in [0, 0.1) is 0 Å². The van der Waals surface area contributed by atoms with E-state index in [0.717, 1.165) is 30.7 Å².